The summed E-state index contributed by atoms with van der Waals surface area (Å²) in [5.74, 6) is 2.64. The third-order valence-corrected chi connectivity index (χ3v) is 5.33. The number of rotatable bonds is 12. The molecule has 0 saturated heterocycles. The Hall–Kier alpha value is -3.47. The maximum atomic E-state index is 13.2. The van der Waals surface area contributed by atoms with E-state index in [1.807, 2.05) is 83.8 Å². The number of nitrogens with zero attached hydrogens (tertiary/aromatic N) is 1. The molecule has 1 N–H and O–H groups in total. The van der Waals surface area contributed by atoms with Crippen molar-refractivity contribution in [1.82, 2.24) is 10.2 Å². The fourth-order valence-corrected chi connectivity index (χ4v) is 3.43. The van der Waals surface area contributed by atoms with Crippen LogP contribution in [0.3, 0.4) is 0 Å². The highest BCUT2D eigenvalue weighted by Crippen LogP contribution is 2.18. The lowest BCUT2D eigenvalue weighted by Crippen LogP contribution is -2.38. The maximum Gasteiger partial charge on any atom is 0.318 e. The molecule has 2 amide bonds. The minimum Gasteiger partial charge on any atom is -0.493 e. The molecule has 0 aliphatic carbocycles. The summed E-state index contributed by atoms with van der Waals surface area (Å²) in [5.41, 5.74) is 3.17. The van der Waals surface area contributed by atoms with E-state index < -0.39 is 0 Å². The minimum atomic E-state index is -0.103. The third-order valence-electron chi connectivity index (χ3n) is 5.33. The maximum absolute atomic E-state index is 13.2. The van der Waals surface area contributed by atoms with Gasteiger partial charge in [0.1, 0.15) is 11.5 Å². The van der Waals surface area contributed by atoms with E-state index in [-0.39, 0.29) is 6.03 Å². The summed E-state index contributed by atoms with van der Waals surface area (Å²) in [4.78, 5) is 15.0. The van der Waals surface area contributed by atoms with Crippen molar-refractivity contribution in [2.45, 2.75) is 47.3 Å². The first-order valence-corrected chi connectivity index (χ1v) is 12.4. The Bertz CT molecular complexity index is 958. The van der Waals surface area contributed by atoms with E-state index in [9.17, 15) is 4.79 Å². The number of carbonyl (C=O) groups excluding carboxylic acids is 1. The van der Waals surface area contributed by atoms with Crippen LogP contribution in [-0.2, 0) is 19.6 Å². The van der Waals surface area contributed by atoms with Crippen molar-refractivity contribution in [3.8, 4) is 11.5 Å². The molecule has 0 spiro atoms. The standard InChI is InChI=1S/C30H38N2O3/c1-23(2)21-34-28-14-10-26(11-15-28)19-32(30(33)31-18-25-8-6-5-7-9-25)20-27-12-16-29(17-13-27)35-22-24(3)4/h5-17,23-24H,18-22H2,1-4H3,(H,31,33). The second-order valence-corrected chi connectivity index (χ2v) is 9.70. The molecule has 35 heavy (non-hydrogen) atoms. The predicted molar refractivity (Wildman–Crippen MR) is 141 cm³/mol. The fourth-order valence-electron chi connectivity index (χ4n) is 3.43. The Morgan fingerprint density at radius 3 is 1.57 bits per heavy atom. The number of nitrogens with one attached hydrogen (secondary N) is 1. The summed E-state index contributed by atoms with van der Waals surface area (Å²) in [6.45, 7) is 11.4. The minimum absolute atomic E-state index is 0.103. The third kappa shape index (κ3) is 9.36. The van der Waals surface area contributed by atoms with Crippen molar-refractivity contribution in [3.63, 3.8) is 0 Å². The zero-order valence-corrected chi connectivity index (χ0v) is 21.4. The molecule has 0 bridgehead atoms. The van der Waals surface area contributed by atoms with E-state index in [1.165, 1.54) is 0 Å². The molecule has 3 aromatic rings. The molecule has 0 unspecified atom stereocenters. The first kappa shape index (κ1) is 26.1. The Balaban J connectivity index is 1.68. The van der Waals surface area contributed by atoms with Crippen LogP contribution in [0.1, 0.15) is 44.4 Å². The van der Waals surface area contributed by atoms with Gasteiger partial charge in [-0.15, -0.1) is 0 Å². The van der Waals surface area contributed by atoms with Crippen LogP contribution >= 0.6 is 0 Å². The molecule has 0 heterocycles. The monoisotopic (exact) mass is 474 g/mol. The van der Waals surface area contributed by atoms with Crippen LogP contribution in [0.25, 0.3) is 0 Å². The largest absolute Gasteiger partial charge is 0.493 e. The van der Waals surface area contributed by atoms with Gasteiger partial charge in [0.25, 0.3) is 0 Å². The van der Waals surface area contributed by atoms with Crippen molar-refractivity contribution in [3.05, 3.63) is 95.6 Å². The molecule has 0 aromatic heterocycles. The summed E-state index contributed by atoms with van der Waals surface area (Å²) in [6, 6.07) is 25.8. The molecule has 0 radical (unpaired) electrons. The molecule has 186 valence electrons. The van der Waals surface area contributed by atoms with Gasteiger partial charge >= 0.3 is 6.03 Å². The molecule has 0 atom stereocenters. The van der Waals surface area contributed by atoms with Gasteiger partial charge < -0.3 is 19.7 Å². The lowest BCUT2D eigenvalue weighted by Gasteiger charge is -2.24. The molecule has 0 fully saturated rings. The van der Waals surface area contributed by atoms with Crippen LogP contribution in [0.5, 0.6) is 11.5 Å². The Kier molecular flexibility index (Phi) is 10.0. The number of amides is 2. The van der Waals surface area contributed by atoms with Gasteiger partial charge in [0.05, 0.1) is 13.2 Å². The van der Waals surface area contributed by atoms with E-state index in [0.29, 0.717) is 44.7 Å². The highest BCUT2D eigenvalue weighted by atomic mass is 16.5. The van der Waals surface area contributed by atoms with Gasteiger partial charge in [-0.3, -0.25) is 0 Å². The number of hydrogen-bond donors (Lipinski definition) is 1. The molecule has 5 heteroatoms. The zero-order chi connectivity index (χ0) is 25.0. The lowest BCUT2D eigenvalue weighted by molar-refractivity contribution is 0.191. The zero-order valence-electron chi connectivity index (χ0n) is 21.4. The first-order chi connectivity index (χ1) is 16.9. The number of urea groups is 1. The first-order valence-electron chi connectivity index (χ1n) is 12.4. The van der Waals surface area contributed by atoms with Crippen molar-refractivity contribution in [2.75, 3.05) is 13.2 Å². The highest BCUT2D eigenvalue weighted by molar-refractivity contribution is 5.74. The SMILES string of the molecule is CC(C)COc1ccc(CN(Cc2ccc(OCC(C)C)cc2)C(=O)NCc2ccccc2)cc1. The van der Waals surface area contributed by atoms with Gasteiger partial charge in [0, 0.05) is 19.6 Å². The Morgan fingerprint density at radius 1 is 0.686 bits per heavy atom. The quantitative estimate of drug-likeness (QED) is 0.319. The van der Waals surface area contributed by atoms with Crippen molar-refractivity contribution < 1.29 is 14.3 Å². The molecular formula is C30H38N2O3. The van der Waals surface area contributed by atoms with Crippen molar-refractivity contribution >= 4 is 6.03 Å². The fraction of sp³-hybridized carbons (Fsp3) is 0.367. The second kappa shape index (κ2) is 13.4. The van der Waals surface area contributed by atoms with Gasteiger partial charge in [0.15, 0.2) is 0 Å². The van der Waals surface area contributed by atoms with Gasteiger partial charge in [-0.1, -0.05) is 82.3 Å². The topological polar surface area (TPSA) is 50.8 Å². The Morgan fingerprint density at radius 2 is 1.14 bits per heavy atom. The van der Waals surface area contributed by atoms with Gasteiger partial charge in [0.2, 0.25) is 0 Å². The average Bonchev–Trinajstić information content (AvgIpc) is 2.86. The highest BCUT2D eigenvalue weighted by Gasteiger charge is 2.15. The van der Waals surface area contributed by atoms with Crippen molar-refractivity contribution in [2.24, 2.45) is 11.8 Å². The molecule has 3 rings (SSSR count). The molecule has 0 aliphatic rings. The summed E-state index contributed by atoms with van der Waals surface area (Å²) in [5, 5.41) is 3.07. The van der Waals surface area contributed by atoms with Crippen LogP contribution in [0.4, 0.5) is 4.79 Å². The lowest BCUT2D eigenvalue weighted by atomic mass is 10.1. The predicted octanol–water partition coefficient (Wildman–Crippen LogP) is 6.67. The summed E-state index contributed by atoms with van der Waals surface area (Å²) >= 11 is 0. The van der Waals surface area contributed by atoms with Gasteiger partial charge in [-0.2, -0.15) is 0 Å². The average molecular weight is 475 g/mol. The molecule has 0 saturated carbocycles. The summed E-state index contributed by atoms with van der Waals surface area (Å²) in [7, 11) is 0. The summed E-state index contributed by atoms with van der Waals surface area (Å²) < 4.78 is 11.6. The number of ether oxygens (including phenoxy) is 2. The van der Waals surface area contributed by atoms with E-state index in [2.05, 4.69) is 33.0 Å². The number of benzene rings is 3. The van der Waals surface area contributed by atoms with Gasteiger partial charge in [-0.05, 0) is 52.8 Å². The van der Waals surface area contributed by atoms with Gasteiger partial charge in [-0.25, -0.2) is 4.79 Å². The van der Waals surface area contributed by atoms with E-state index >= 15 is 0 Å². The smallest absolute Gasteiger partial charge is 0.318 e. The van der Waals surface area contributed by atoms with E-state index in [0.717, 1.165) is 28.2 Å². The van der Waals surface area contributed by atoms with Crippen molar-refractivity contribution in [1.29, 1.82) is 0 Å². The van der Waals surface area contributed by atoms with Crippen LogP contribution in [-0.4, -0.2) is 24.1 Å². The summed E-state index contributed by atoms with van der Waals surface area (Å²) in [6.07, 6.45) is 0. The molecular weight excluding hydrogens is 436 g/mol. The Labute approximate surface area is 210 Å². The van der Waals surface area contributed by atoms with Crippen LogP contribution in [0.2, 0.25) is 0 Å². The van der Waals surface area contributed by atoms with Crippen LogP contribution in [0.15, 0.2) is 78.9 Å². The molecule has 0 aliphatic heterocycles. The number of carbonyl (C=O) groups is 1. The number of hydrogen-bond acceptors (Lipinski definition) is 3. The van der Waals surface area contributed by atoms with Crippen LogP contribution in [0, 0.1) is 11.8 Å². The molecule has 3 aromatic carbocycles. The van der Waals surface area contributed by atoms with Crippen LogP contribution < -0.4 is 14.8 Å². The van der Waals surface area contributed by atoms with E-state index in [4.69, 9.17) is 9.47 Å². The second-order valence-electron chi connectivity index (χ2n) is 9.70. The molecule has 5 nitrogen and oxygen atoms in total. The normalized spacial score (nSPS) is 10.9. The van der Waals surface area contributed by atoms with E-state index in [1.54, 1.807) is 0 Å².